The molecule has 0 unspecified atom stereocenters. The molecule has 1 aliphatic heterocycles. The summed E-state index contributed by atoms with van der Waals surface area (Å²) in [5, 5.41) is 2.67. The summed E-state index contributed by atoms with van der Waals surface area (Å²) in [4.78, 5) is 36.2. The van der Waals surface area contributed by atoms with Gasteiger partial charge in [0.15, 0.2) is 0 Å². The van der Waals surface area contributed by atoms with E-state index >= 15 is 0 Å². The number of carbonyl (C=O) groups is 3. The number of amides is 2. The number of nitrogens with one attached hydrogen (secondary N) is 1. The molecule has 0 spiro atoms. The SMILES string of the molecule is CCOC(=O)c1ccc(NC(=O)CCN2C(=O)c3ccccc3S2(=O)=O)cc1Cl. The lowest BCUT2D eigenvalue weighted by Gasteiger charge is -2.15. The summed E-state index contributed by atoms with van der Waals surface area (Å²) in [6.07, 6.45) is -0.240. The highest BCUT2D eigenvalue weighted by molar-refractivity contribution is 7.90. The van der Waals surface area contributed by atoms with Crippen LogP contribution in [0.15, 0.2) is 47.4 Å². The van der Waals surface area contributed by atoms with Gasteiger partial charge in [0.25, 0.3) is 15.9 Å². The monoisotopic (exact) mass is 436 g/mol. The van der Waals surface area contributed by atoms with Gasteiger partial charge in [-0.25, -0.2) is 17.5 Å². The van der Waals surface area contributed by atoms with E-state index in [9.17, 15) is 22.8 Å². The second-order valence-corrected chi connectivity index (χ2v) is 8.33. The van der Waals surface area contributed by atoms with Crippen LogP contribution in [-0.4, -0.2) is 43.7 Å². The molecule has 0 fully saturated rings. The minimum atomic E-state index is -3.96. The lowest BCUT2D eigenvalue weighted by atomic mass is 10.2. The van der Waals surface area contributed by atoms with Gasteiger partial charge in [0.05, 0.1) is 22.8 Å². The van der Waals surface area contributed by atoms with Gasteiger partial charge in [0.1, 0.15) is 4.90 Å². The quantitative estimate of drug-likeness (QED) is 0.697. The number of benzene rings is 2. The molecule has 2 aromatic carbocycles. The van der Waals surface area contributed by atoms with Crippen molar-refractivity contribution < 1.29 is 27.5 Å². The lowest BCUT2D eigenvalue weighted by molar-refractivity contribution is -0.116. The minimum Gasteiger partial charge on any atom is -0.462 e. The number of ether oxygens (including phenoxy) is 1. The van der Waals surface area contributed by atoms with Crippen molar-refractivity contribution in [1.29, 1.82) is 0 Å². The molecule has 152 valence electrons. The highest BCUT2D eigenvalue weighted by Gasteiger charge is 2.40. The Morgan fingerprint density at radius 2 is 1.90 bits per heavy atom. The number of anilines is 1. The zero-order valence-electron chi connectivity index (χ0n) is 15.3. The van der Waals surface area contributed by atoms with Crippen molar-refractivity contribution in [2.24, 2.45) is 0 Å². The summed E-state index contributed by atoms with van der Waals surface area (Å²) in [5.74, 6) is -1.74. The fourth-order valence-corrected chi connectivity index (χ4v) is 4.67. The maximum absolute atomic E-state index is 12.5. The van der Waals surface area contributed by atoms with Crippen LogP contribution in [0.4, 0.5) is 5.69 Å². The zero-order valence-corrected chi connectivity index (χ0v) is 16.9. The first-order chi connectivity index (χ1) is 13.8. The van der Waals surface area contributed by atoms with Gasteiger partial charge in [-0.2, -0.15) is 0 Å². The summed E-state index contributed by atoms with van der Waals surface area (Å²) >= 11 is 6.05. The lowest BCUT2D eigenvalue weighted by Crippen LogP contribution is -2.33. The first kappa shape index (κ1) is 20.8. The van der Waals surface area contributed by atoms with Crippen molar-refractivity contribution >= 4 is 45.1 Å². The third-order valence-electron chi connectivity index (χ3n) is 4.20. The fraction of sp³-hybridized carbons (Fsp3) is 0.211. The van der Waals surface area contributed by atoms with Gasteiger partial charge in [0, 0.05) is 18.7 Å². The van der Waals surface area contributed by atoms with Crippen LogP contribution < -0.4 is 5.32 Å². The van der Waals surface area contributed by atoms with Crippen molar-refractivity contribution in [1.82, 2.24) is 4.31 Å². The van der Waals surface area contributed by atoms with Gasteiger partial charge >= 0.3 is 5.97 Å². The van der Waals surface area contributed by atoms with Crippen LogP contribution >= 0.6 is 11.6 Å². The molecule has 1 heterocycles. The van der Waals surface area contributed by atoms with Crippen LogP contribution in [0, 0.1) is 0 Å². The van der Waals surface area contributed by atoms with Gasteiger partial charge < -0.3 is 10.1 Å². The van der Waals surface area contributed by atoms with Crippen molar-refractivity contribution in [3.05, 3.63) is 58.6 Å². The van der Waals surface area contributed by atoms with Crippen molar-refractivity contribution in [2.75, 3.05) is 18.5 Å². The van der Waals surface area contributed by atoms with E-state index in [1.165, 1.54) is 36.4 Å². The van der Waals surface area contributed by atoms with E-state index in [0.29, 0.717) is 9.99 Å². The van der Waals surface area contributed by atoms with Gasteiger partial charge in [-0.3, -0.25) is 9.59 Å². The molecular weight excluding hydrogens is 420 g/mol. The molecule has 3 rings (SSSR count). The number of rotatable bonds is 6. The maximum Gasteiger partial charge on any atom is 0.339 e. The second kappa shape index (κ2) is 8.22. The number of carbonyl (C=O) groups excluding carboxylic acids is 3. The number of nitrogens with zero attached hydrogens (tertiary/aromatic N) is 1. The summed E-state index contributed by atoms with van der Waals surface area (Å²) in [6, 6.07) is 10.2. The smallest absolute Gasteiger partial charge is 0.339 e. The Labute approximate surface area is 172 Å². The number of fused-ring (bicyclic) bond motifs is 1. The molecule has 29 heavy (non-hydrogen) atoms. The van der Waals surface area contributed by atoms with E-state index in [1.807, 2.05) is 0 Å². The highest BCUT2D eigenvalue weighted by atomic mass is 35.5. The summed E-state index contributed by atoms with van der Waals surface area (Å²) in [5.41, 5.74) is 0.583. The third kappa shape index (κ3) is 4.10. The molecule has 2 amide bonds. The van der Waals surface area contributed by atoms with Crippen LogP contribution in [0.3, 0.4) is 0 Å². The van der Waals surface area contributed by atoms with Crippen LogP contribution in [-0.2, 0) is 19.6 Å². The van der Waals surface area contributed by atoms with Crippen molar-refractivity contribution in [3.63, 3.8) is 0 Å². The Balaban J connectivity index is 1.65. The van der Waals surface area contributed by atoms with Crippen molar-refractivity contribution in [2.45, 2.75) is 18.2 Å². The number of hydrogen-bond acceptors (Lipinski definition) is 6. The number of halogens is 1. The van der Waals surface area contributed by atoms with E-state index in [0.717, 1.165) is 0 Å². The number of sulfonamides is 1. The van der Waals surface area contributed by atoms with E-state index in [1.54, 1.807) is 13.0 Å². The topological polar surface area (TPSA) is 110 Å². The third-order valence-corrected chi connectivity index (χ3v) is 6.36. The summed E-state index contributed by atoms with van der Waals surface area (Å²) < 4.78 is 30.5. The standard InChI is InChI=1S/C19H17ClN2O6S/c1-2-28-19(25)13-8-7-12(11-15(13)20)21-17(23)9-10-22-18(24)14-5-3-4-6-16(14)29(22,26)27/h3-8,11H,2,9-10H2,1H3,(H,21,23). The number of esters is 1. The molecule has 0 saturated heterocycles. The van der Waals surface area contributed by atoms with E-state index in [2.05, 4.69) is 5.32 Å². The number of hydrogen-bond donors (Lipinski definition) is 1. The molecule has 1 N–H and O–H groups in total. The Kier molecular flexibility index (Phi) is 5.90. The highest BCUT2D eigenvalue weighted by Crippen LogP contribution is 2.30. The molecule has 0 aromatic heterocycles. The zero-order chi connectivity index (χ0) is 21.2. The van der Waals surface area contributed by atoms with Crippen LogP contribution in [0.2, 0.25) is 5.02 Å². The molecule has 0 saturated carbocycles. The molecule has 10 heteroatoms. The predicted molar refractivity (Wildman–Crippen MR) is 105 cm³/mol. The molecule has 0 aliphatic carbocycles. The predicted octanol–water partition coefficient (Wildman–Crippen LogP) is 2.69. The van der Waals surface area contributed by atoms with Gasteiger partial charge in [-0.1, -0.05) is 23.7 Å². The average molecular weight is 437 g/mol. The minimum absolute atomic E-state index is 0.0632. The molecule has 2 aromatic rings. The Bertz CT molecular complexity index is 1100. The van der Waals surface area contributed by atoms with Crippen LogP contribution in [0.5, 0.6) is 0 Å². The maximum atomic E-state index is 12.5. The molecule has 0 radical (unpaired) electrons. The molecule has 0 bridgehead atoms. The fourth-order valence-electron chi connectivity index (χ4n) is 2.85. The van der Waals surface area contributed by atoms with Gasteiger partial charge in [-0.05, 0) is 37.3 Å². The van der Waals surface area contributed by atoms with Gasteiger partial charge in [0.2, 0.25) is 5.91 Å². The Morgan fingerprint density at radius 3 is 2.55 bits per heavy atom. The van der Waals surface area contributed by atoms with Crippen molar-refractivity contribution in [3.8, 4) is 0 Å². The first-order valence-corrected chi connectivity index (χ1v) is 10.5. The van der Waals surface area contributed by atoms with Crippen LogP contribution in [0.25, 0.3) is 0 Å². The van der Waals surface area contributed by atoms with E-state index in [-0.39, 0.29) is 40.6 Å². The normalized spacial score (nSPS) is 14.4. The first-order valence-electron chi connectivity index (χ1n) is 8.68. The van der Waals surface area contributed by atoms with E-state index in [4.69, 9.17) is 16.3 Å². The molecule has 1 aliphatic rings. The summed E-state index contributed by atoms with van der Waals surface area (Å²) in [7, 11) is -3.96. The average Bonchev–Trinajstić information content (AvgIpc) is 2.86. The Morgan fingerprint density at radius 1 is 1.17 bits per heavy atom. The summed E-state index contributed by atoms with van der Waals surface area (Å²) in [6.45, 7) is 1.58. The van der Waals surface area contributed by atoms with Gasteiger partial charge in [-0.15, -0.1) is 0 Å². The molecular formula is C19H17ClN2O6S. The largest absolute Gasteiger partial charge is 0.462 e. The Hall–Kier alpha value is -2.91. The second-order valence-electron chi connectivity index (χ2n) is 6.09. The molecule has 0 atom stereocenters. The molecule has 8 nitrogen and oxygen atoms in total. The van der Waals surface area contributed by atoms with Crippen LogP contribution in [0.1, 0.15) is 34.1 Å². The van der Waals surface area contributed by atoms with E-state index < -0.39 is 27.8 Å².